The molecule has 0 spiro atoms. The second kappa shape index (κ2) is 10.6. The zero-order valence-corrected chi connectivity index (χ0v) is 20.7. The third-order valence-electron chi connectivity index (χ3n) is 7.85. The van der Waals surface area contributed by atoms with Gasteiger partial charge in [0.05, 0.1) is 24.4 Å². The summed E-state index contributed by atoms with van der Waals surface area (Å²) in [5.74, 6) is 0.869. The van der Waals surface area contributed by atoms with Gasteiger partial charge >= 0.3 is 6.09 Å². The van der Waals surface area contributed by atoms with Gasteiger partial charge in [0.1, 0.15) is 5.72 Å². The van der Waals surface area contributed by atoms with Crippen LogP contribution in [0.25, 0.3) is 0 Å². The highest BCUT2D eigenvalue weighted by Gasteiger charge is 2.53. The molecule has 1 aliphatic carbocycles. The zero-order chi connectivity index (χ0) is 23.4. The van der Waals surface area contributed by atoms with E-state index in [9.17, 15) is 9.90 Å². The van der Waals surface area contributed by atoms with Crippen LogP contribution in [0.3, 0.4) is 0 Å². The van der Waals surface area contributed by atoms with Gasteiger partial charge in [-0.3, -0.25) is 4.90 Å². The quantitative estimate of drug-likeness (QED) is 0.451. The summed E-state index contributed by atoms with van der Waals surface area (Å²) >= 11 is 0. The van der Waals surface area contributed by atoms with Crippen molar-refractivity contribution in [3.63, 3.8) is 0 Å². The molecule has 1 aromatic rings. The third kappa shape index (κ3) is 5.66. The van der Waals surface area contributed by atoms with E-state index in [1.54, 1.807) is 4.90 Å². The molecule has 1 aromatic carbocycles. The molecule has 1 heterocycles. The summed E-state index contributed by atoms with van der Waals surface area (Å²) in [5, 5.41) is 10.1. The molecule has 1 unspecified atom stereocenters. The van der Waals surface area contributed by atoms with E-state index in [-0.39, 0.29) is 23.7 Å². The second-order valence-corrected chi connectivity index (χ2v) is 10.6. The number of rotatable bonds is 9. The van der Waals surface area contributed by atoms with E-state index < -0.39 is 11.8 Å². The van der Waals surface area contributed by atoms with Crippen molar-refractivity contribution in [3.8, 4) is 0 Å². The van der Waals surface area contributed by atoms with Gasteiger partial charge in [0, 0.05) is 6.42 Å². The Morgan fingerprint density at radius 1 is 1.22 bits per heavy atom. The first kappa shape index (κ1) is 25.0. The number of benzene rings is 1. The van der Waals surface area contributed by atoms with Crippen molar-refractivity contribution >= 4 is 6.09 Å². The zero-order valence-electron chi connectivity index (χ0n) is 20.7. The van der Waals surface area contributed by atoms with Crippen LogP contribution in [0, 0.1) is 11.8 Å². The van der Waals surface area contributed by atoms with Gasteiger partial charge in [-0.15, -0.1) is 0 Å². The smallest absolute Gasteiger partial charge is 0.409 e. The summed E-state index contributed by atoms with van der Waals surface area (Å²) < 4.78 is 13.1. The number of carbonyl (C=O) groups is 1. The van der Waals surface area contributed by atoms with Crippen LogP contribution < -0.4 is 0 Å². The number of amides is 1. The van der Waals surface area contributed by atoms with E-state index in [4.69, 9.17) is 9.47 Å². The van der Waals surface area contributed by atoms with E-state index in [1.807, 2.05) is 32.0 Å². The molecule has 2 aliphatic rings. The molecule has 180 valence electrons. The van der Waals surface area contributed by atoms with Crippen LogP contribution >= 0.6 is 0 Å². The normalized spacial score (nSPS) is 25.8. The highest BCUT2D eigenvalue weighted by Crippen LogP contribution is 2.43. The molecule has 1 aliphatic heterocycles. The minimum Gasteiger partial charge on any atom is -0.465 e. The van der Waals surface area contributed by atoms with Crippen LogP contribution in [0.5, 0.6) is 0 Å². The van der Waals surface area contributed by atoms with Crippen molar-refractivity contribution in [3.05, 3.63) is 35.9 Å². The molecule has 3 atom stereocenters. The standard InChI is InChI=1S/C27H43NO4/c1-6-27(20(2)3,31-19-22-15-11-8-12-16-22)18-24-23(17-21-13-9-7-10-14-21)28(25(29)30)26(4,5)32-24/h8,11-12,15-16,20-21,23-24H,6-7,9-10,13-14,17-19H2,1-5H3,(H,29,30)/t23-,24-,27?/m0/s1. The van der Waals surface area contributed by atoms with Gasteiger partial charge in [-0.25, -0.2) is 4.79 Å². The van der Waals surface area contributed by atoms with Crippen LogP contribution in [-0.2, 0) is 16.1 Å². The minimum atomic E-state index is -0.879. The lowest BCUT2D eigenvalue weighted by Gasteiger charge is -2.40. The second-order valence-electron chi connectivity index (χ2n) is 10.6. The highest BCUT2D eigenvalue weighted by atomic mass is 16.6. The molecule has 3 rings (SSSR count). The number of ether oxygens (including phenoxy) is 2. The Bertz CT molecular complexity index is 728. The van der Waals surface area contributed by atoms with Crippen molar-refractivity contribution in [2.24, 2.45) is 11.8 Å². The lowest BCUT2D eigenvalue weighted by Crippen LogP contribution is -2.49. The van der Waals surface area contributed by atoms with Crippen LogP contribution in [0.2, 0.25) is 0 Å². The van der Waals surface area contributed by atoms with Gasteiger partial charge in [0.2, 0.25) is 0 Å². The van der Waals surface area contributed by atoms with Gasteiger partial charge in [0.25, 0.3) is 0 Å². The Morgan fingerprint density at radius 3 is 2.44 bits per heavy atom. The number of carboxylic acid groups (broad SMARTS) is 1. The molecule has 1 N–H and O–H groups in total. The van der Waals surface area contributed by atoms with Crippen molar-refractivity contribution in [1.29, 1.82) is 0 Å². The number of hydrogen-bond acceptors (Lipinski definition) is 3. The summed E-state index contributed by atoms with van der Waals surface area (Å²) in [6.07, 6.45) is 7.62. The number of nitrogens with zero attached hydrogens (tertiary/aromatic N) is 1. The van der Waals surface area contributed by atoms with Crippen LogP contribution in [0.15, 0.2) is 30.3 Å². The van der Waals surface area contributed by atoms with Gasteiger partial charge in [0.15, 0.2) is 0 Å². The monoisotopic (exact) mass is 445 g/mol. The Balaban J connectivity index is 1.83. The molecule has 0 radical (unpaired) electrons. The fourth-order valence-electron chi connectivity index (χ4n) is 5.90. The van der Waals surface area contributed by atoms with Crippen LogP contribution in [0.1, 0.15) is 91.5 Å². The first-order valence-corrected chi connectivity index (χ1v) is 12.6. The van der Waals surface area contributed by atoms with Gasteiger partial charge in [-0.2, -0.15) is 0 Å². The predicted molar refractivity (Wildman–Crippen MR) is 128 cm³/mol. The Hall–Kier alpha value is -1.59. The number of hydrogen-bond donors (Lipinski definition) is 1. The van der Waals surface area contributed by atoms with Gasteiger partial charge in [-0.05, 0) is 44.1 Å². The molecule has 5 heteroatoms. The lowest BCUT2D eigenvalue weighted by atomic mass is 9.78. The molecular weight excluding hydrogens is 402 g/mol. The minimum absolute atomic E-state index is 0.129. The van der Waals surface area contributed by atoms with E-state index in [2.05, 4.69) is 32.9 Å². The van der Waals surface area contributed by atoms with E-state index >= 15 is 0 Å². The van der Waals surface area contributed by atoms with Crippen molar-refractivity contribution < 1.29 is 19.4 Å². The van der Waals surface area contributed by atoms with E-state index in [1.165, 1.54) is 32.1 Å². The van der Waals surface area contributed by atoms with E-state index in [0.29, 0.717) is 18.9 Å². The summed E-state index contributed by atoms with van der Waals surface area (Å²) in [4.78, 5) is 13.9. The Kier molecular flexibility index (Phi) is 8.26. The van der Waals surface area contributed by atoms with Gasteiger partial charge in [-0.1, -0.05) is 83.2 Å². The maximum absolute atomic E-state index is 12.3. The molecule has 1 saturated carbocycles. The maximum atomic E-state index is 12.3. The predicted octanol–water partition coefficient (Wildman–Crippen LogP) is 6.85. The van der Waals surface area contributed by atoms with E-state index in [0.717, 1.165) is 18.4 Å². The molecule has 0 aromatic heterocycles. The summed E-state index contributed by atoms with van der Waals surface area (Å²) in [5.41, 5.74) is -0.0358. The fourth-order valence-corrected chi connectivity index (χ4v) is 5.90. The molecule has 32 heavy (non-hydrogen) atoms. The van der Waals surface area contributed by atoms with Crippen molar-refractivity contribution in [1.82, 2.24) is 4.90 Å². The molecule has 5 nitrogen and oxygen atoms in total. The molecular formula is C27H43NO4. The molecule has 1 amide bonds. The van der Waals surface area contributed by atoms with Crippen molar-refractivity contribution in [2.75, 3.05) is 0 Å². The third-order valence-corrected chi connectivity index (χ3v) is 7.85. The fraction of sp³-hybridized carbons (Fsp3) is 0.741. The summed E-state index contributed by atoms with van der Waals surface area (Å²) in [6.45, 7) is 10.9. The summed E-state index contributed by atoms with van der Waals surface area (Å²) in [6, 6.07) is 10.1. The largest absolute Gasteiger partial charge is 0.465 e. The topological polar surface area (TPSA) is 59.0 Å². The first-order valence-electron chi connectivity index (χ1n) is 12.6. The SMILES string of the molecule is CCC(C[C@@H]1OC(C)(C)N(C(=O)O)[C@H]1CC1CCCCC1)(OCc1ccccc1)C(C)C. The average molecular weight is 446 g/mol. The van der Waals surface area contributed by atoms with Crippen LogP contribution in [0.4, 0.5) is 4.79 Å². The lowest BCUT2D eigenvalue weighted by molar-refractivity contribution is -0.135. The van der Waals surface area contributed by atoms with Gasteiger partial charge < -0.3 is 14.6 Å². The Morgan fingerprint density at radius 2 is 1.88 bits per heavy atom. The molecule has 2 fully saturated rings. The van der Waals surface area contributed by atoms with Crippen LogP contribution in [-0.4, -0.2) is 39.6 Å². The highest BCUT2D eigenvalue weighted by molar-refractivity contribution is 5.67. The first-order chi connectivity index (χ1) is 15.2. The average Bonchev–Trinajstić information content (AvgIpc) is 3.01. The molecule has 0 bridgehead atoms. The Labute approximate surface area is 194 Å². The summed E-state index contributed by atoms with van der Waals surface area (Å²) in [7, 11) is 0. The van der Waals surface area contributed by atoms with Crippen molar-refractivity contribution in [2.45, 2.75) is 116 Å². The molecule has 1 saturated heterocycles. The maximum Gasteiger partial charge on any atom is 0.409 e.